The first-order valence-electron chi connectivity index (χ1n) is 12.4. The molecule has 0 spiro atoms. The van der Waals surface area contributed by atoms with E-state index in [1.165, 1.54) is 6.07 Å². The lowest BCUT2D eigenvalue weighted by Crippen LogP contribution is -2.38. The quantitative estimate of drug-likeness (QED) is 0.364. The standard InChI is InChI=1S/C29H28FN3O4S/c1-18-3-9-25-22(15-18)17-26(32-25)28(34)31-23-7-4-19(5-8-23)20-11-13-33(14-12-20)29(35)21-6-10-27(24(30)16-21)38(2,36)37/h3-10,15-17,20,32H,11-14H2,1-2H3,(H,31,34). The smallest absolute Gasteiger partial charge is 0.272 e. The average molecular weight is 534 g/mol. The summed E-state index contributed by atoms with van der Waals surface area (Å²) in [7, 11) is -3.69. The Bertz CT molecular complexity index is 1640. The Morgan fingerprint density at radius 3 is 2.34 bits per heavy atom. The number of fused-ring (bicyclic) bond motifs is 1. The zero-order chi connectivity index (χ0) is 27.0. The van der Waals surface area contributed by atoms with Crippen molar-refractivity contribution < 1.29 is 22.4 Å². The average Bonchev–Trinajstić information content (AvgIpc) is 3.31. The highest BCUT2D eigenvalue weighted by Gasteiger charge is 2.26. The fraction of sp³-hybridized carbons (Fsp3) is 0.241. The summed E-state index contributed by atoms with van der Waals surface area (Å²) in [5.41, 5.74) is 4.50. The van der Waals surface area contributed by atoms with Crippen molar-refractivity contribution in [3.63, 3.8) is 0 Å². The number of hydrogen-bond acceptors (Lipinski definition) is 4. The number of halogens is 1. The maximum absolute atomic E-state index is 14.3. The van der Waals surface area contributed by atoms with E-state index in [9.17, 15) is 22.4 Å². The van der Waals surface area contributed by atoms with E-state index in [1.54, 1.807) is 4.90 Å². The van der Waals surface area contributed by atoms with Gasteiger partial charge in [0.25, 0.3) is 11.8 Å². The second-order valence-corrected chi connectivity index (χ2v) is 11.8. The first-order valence-corrected chi connectivity index (χ1v) is 14.3. The molecule has 1 saturated heterocycles. The number of nitrogens with one attached hydrogen (secondary N) is 2. The van der Waals surface area contributed by atoms with Crippen LogP contribution in [0.2, 0.25) is 0 Å². The third-order valence-electron chi connectivity index (χ3n) is 7.02. The number of amides is 2. The Balaban J connectivity index is 1.18. The van der Waals surface area contributed by atoms with Crippen LogP contribution in [0.25, 0.3) is 10.9 Å². The molecule has 1 fully saturated rings. The summed E-state index contributed by atoms with van der Waals surface area (Å²) < 4.78 is 37.5. The van der Waals surface area contributed by atoms with Gasteiger partial charge in [-0.1, -0.05) is 23.8 Å². The fourth-order valence-electron chi connectivity index (χ4n) is 4.94. The molecule has 196 valence electrons. The Kier molecular flexibility index (Phi) is 6.79. The lowest BCUT2D eigenvalue weighted by atomic mass is 9.89. The minimum Gasteiger partial charge on any atom is -0.351 e. The summed E-state index contributed by atoms with van der Waals surface area (Å²) in [5.74, 6) is -1.18. The monoisotopic (exact) mass is 533 g/mol. The van der Waals surface area contributed by atoms with Crippen molar-refractivity contribution in [2.75, 3.05) is 24.7 Å². The topological polar surface area (TPSA) is 99.3 Å². The van der Waals surface area contributed by atoms with Gasteiger partial charge in [-0.3, -0.25) is 9.59 Å². The van der Waals surface area contributed by atoms with Crippen molar-refractivity contribution in [1.82, 2.24) is 9.88 Å². The molecule has 0 atom stereocenters. The molecule has 1 aliphatic rings. The normalized spacial score (nSPS) is 14.6. The Morgan fingerprint density at radius 1 is 0.974 bits per heavy atom. The van der Waals surface area contributed by atoms with Gasteiger partial charge in [0.1, 0.15) is 16.4 Å². The van der Waals surface area contributed by atoms with Crippen LogP contribution in [-0.4, -0.2) is 49.5 Å². The number of likely N-dealkylation sites (tertiary alicyclic amines) is 1. The number of piperidine rings is 1. The number of sulfone groups is 1. The van der Waals surface area contributed by atoms with Crippen LogP contribution in [0.1, 0.15) is 50.7 Å². The fourth-order valence-corrected chi connectivity index (χ4v) is 5.67. The summed E-state index contributed by atoms with van der Waals surface area (Å²) >= 11 is 0. The molecule has 1 aromatic heterocycles. The molecule has 0 radical (unpaired) electrons. The molecule has 2 N–H and O–H groups in total. The van der Waals surface area contributed by atoms with Crippen LogP contribution in [-0.2, 0) is 9.84 Å². The lowest BCUT2D eigenvalue weighted by molar-refractivity contribution is 0.0712. The Hall–Kier alpha value is -3.98. The largest absolute Gasteiger partial charge is 0.351 e. The molecular formula is C29H28FN3O4S. The van der Waals surface area contributed by atoms with E-state index in [1.807, 2.05) is 55.5 Å². The van der Waals surface area contributed by atoms with E-state index < -0.39 is 20.5 Å². The van der Waals surface area contributed by atoms with Gasteiger partial charge in [-0.25, -0.2) is 12.8 Å². The molecule has 2 heterocycles. The number of hydrogen-bond donors (Lipinski definition) is 2. The first-order chi connectivity index (χ1) is 18.1. The van der Waals surface area contributed by atoms with Crippen molar-refractivity contribution in [2.24, 2.45) is 0 Å². The van der Waals surface area contributed by atoms with Crippen molar-refractivity contribution in [3.8, 4) is 0 Å². The number of benzene rings is 3. The first kappa shape index (κ1) is 25.7. The molecular weight excluding hydrogens is 505 g/mol. The number of aryl methyl sites for hydroxylation is 1. The van der Waals surface area contributed by atoms with E-state index >= 15 is 0 Å². The second kappa shape index (κ2) is 10.1. The predicted octanol–water partition coefficient (Wildman–Crippen LogP) is 5.29. The third kappa shape index (κ3) is 5.33. The summed E-state index contributed by atoms with van der Waals surface area (Å²) in [6, 6.07) is 19.1. The summed E-state index contributed by atoms with van der Waals surface area (Å²) in [4.78, 5) is 30.0. The van der Waals surface area contributed by atoms with Crippen LogP contribution < -0.4 is 5.32 Å². The van der Waals surface area contributed by atoms with Crippen molar-refractivity contribution in [1.29, 1.82) is 0 Å². The van der Waals surface area contributed by atoms with Crippen LogP contribution in [0.4, 0.5) is 10.1 Å². The Labute approximate surface area is 220 Å². The van der Waals surface area contributed by atoms with E-state index in [-0.39, 0.29) is 23.3 Å². The number of aromatic amines is 1. The van der Waals surface area contributed by atoms with E-state index in [2.05, 4.69) is 10.3 Å². The maximum atomic E-state index is 14.3. The molecule has 5 rings (SSSR count). The molecule has 0 unspecified atom stereocenters. The van der Waals surface area contributed by atoms with Gasteiger partial charge in [-0.2, -0.15) is 0 Å². The van der Waals surface area contributed by atoms with Crippen LogP contribution in [0, 0.1) is 12.7 Å². The zero-order valence-corrected chi connectivity index (χ0v) is 21.9. The molecule has 1 aliphatic heterocycles. The minimum atomic E-state index is -3.69. The number of carbonyl (C=O) groups is 2. The van der Waals surface area contributed by atoms with Crippen LogP contribution in [0.15, 0.2) is 71.6 Å². The molecule has 4 aromatic rings. The Morgan fingerprint density at radius 2 is 1.68 bits per heavy atom. The summed E-state index contributed by atoms with van der Waals surface area (Å²) in [5, 5.41) is 3.92. The van der Waals surface area contributed by atoms with E-state index in [0.717, 1.165) is 53.3 Å². The molecule has 0 bridgehead atoms. The summed E-state index contributed by atoms with van der Waals surface area (Å²) in [6.07, 6.45) is 2.42. The van der Waals surface area contributed by atoms with Gasteiger partial charge in [0, 0.05) is 41.5 Å². The zero-order valence-electron chi connectivity index (χ0n) is 21.1. The molecule has 9 heteroatoms. The molecule has 38 heavy (non-hydrogen) atoms. The van der Waals surface area contributed by atoms with Crippen LogP contribution in [0.5, 0.6) is 0 Å². The molecule has 3 aromatic carbocycles. The van der Waals surface area contributed by atoms with Gasteiger partial charge in [-0.15, -0.1) is 0 Å². The number of aromatic nitrogens is 1. The minimum absolute atomic E-state index is 0.138. The number of carbonyl (C=O) groups excluding carboxylic acids is 2. The van der Waals surface area contributed by atoms with E-state index in [4.69, 9.17) is 0 Å². The predicted molar refractivity (Wildman–Crippen MR) is 145 cm³/mol. The van der Waals surface area contributed by atoms with Crippen molar-refractivity contribution in [2.45, 2.75) is 30.6 Å². The molecule has 2 amide bonds. The van der Waals surface area contributed by atoms with Gasteiger partial charge < -0.3 is 15.2 Å². The third-order valence-corrected chi connectivity index (χ3v) is 8.15. The highest BCUT2D eigenvalue weighted by atomic mass is 32.2. The highest BCUT2D eigenvalue weighted by Crippen LogP contribution is 2.30. The number of H-pyrrole nitrogens is 1. The maximum Gasteiger partial charge on any atom is 0.272 e. The van der Waals surface area contributed by atoms with E-state index in [0.29, 0.717) is 24.5 Å². The number of anilines is 1. The van der Waals surface area contributed by atoms with Gasteiger partial charge >= 0.3 is 0 Å². The lowest BCUT2D eigenvalue weighted by Gasteiger charge is -2.32. The molecule has 7 nitrogen and oxygen atoms in total. The van der Waals surface area contributed by atoms with Gasteiger partial charge in [-0.05, 0) is 79.8 Å². The van der Waals surface area contributed by atoms with Crippen LogP contribution in [0.3, 0.4) is 0 Å². The summed E-state index contributed by atoms with van der Waals surface area (Å²) in [6.45, 7) is 3.03. The number of rotatable bonds is 5. The molecule has 0 aliphatic carbocycles. The second-order valence-electron chi connectivity index (χ2n) is 9.83. The van der Waals surface area contributed by atoms with Gasteiger partial charge in [0.15, 0.2) is 9.84 Å². The van der Waals surface area contributed by atoms with Gasteiger partial charge in [0.2, 0.25) is 0 Å². The van der Waals surface area contributed by atoms with Crippen molar-refractivity contribution in [3.05, 3.63) is 94.9 Å². The van der Waals surface area contributed by atoms with Crippen molar-refractivity contribution >= 4 is 38.2 Å². The SMILES string of the molecule is Cc1ccc2[nH]c(C(=O)Nc3ccc(C4CCN(C(=O)c5ccc(S(C)(=O)=O)c(F)c5)CC4)cc3)cc2c1. The van der Waals surface area contributed by atoms with Gasteiger partial charge in [0.05, 0.1) is 0 Å². The highest BCUT2D eigenvalue weighted by molar-refractivity contribution is 7.90. The number of nitrogens with zero attached hydrogens (tertiary/aromatic N) is 1. The van der Waals surface area contributed by atoms with Crippen LogP contribution >= 0.6 is 0 Å². The molecule has 0 saturated carbocycles.